The first kappa shape index (κ1) is 14.2. The van der Waals surface area contributed by atoms with Crippen LogP contribution < -0.4 is 0 Å². The molecule has 5 heteroatoms. The van der Waals surface area contributed by atoms with E-state index in [2.05, 4.69) is 21.7 Å². The molecule has 1 aromatic carbocycles. The summed E-state index contributed by atoms with van der Waals surface area (Å²) in [6, 6.07) is 10.2. The zero-order chi connectivity index (χ0) is 13.8. The van der Waals surface area contributed by atoms with Crippen LogP contribution in [0.4, 0.5) is 0 Å². The van der Waals surface area contributed by atoms with Crippen LogP contribution in [-0.4, -0.2) is 25.3 Å². The Balaban J connectivity index is 2.24. The molecule has 3 nitrogen and oxygen atoms in total. The summed E-state index contributed by atoms with van der Waals surface area (Å²) in [5, 5.41) is 0.181. The van der Waals surface area contributed by atoms with Gasteiger partial charge in [0.1, 0.15) is 0 Å². The summed E-state index contributed by atoms with van der Waals surface area (Å²) in [5.41, 5.74) is 2.22. The van der Waals surface area contributed by atoms with Crippen LogP contribution in [0, 0.1) is 4.77 Å². The lowest BCUT2D eigenvalue weighted by atomic mass is 10.1. The summed E-state index contributed by atoms with van der Waals surface area (Å²) in [6.45, 7) is 2.79. The second-order valence-corrected chi connectivity index (χ2v) is 6.78. The van der Waals surface area contributed by atoms with E-state index in [4.69, 9.17) is 12.2 Å². The van der Waals surface area contributed by atoms with E-state index in [-0.39, 0.29) is 5.25 Å². The van der Waals surface area contributed by atoms with Gasteiger partial charge in [-0.1, -0.05) is 37.3 Å². The van der Waals surface area contributed by atoms with Crippen LogP contribution in [0.15, 0.2) is 36.5 Å². The van der Waals surface area contributed by atoms with Crippen LogP contribution in [0.25, 0.3) is 11.3 Å². The minimum absolute atomic E-state index is 0.181. The van der Waals surface area contributed by atoms with E-state index in [9.17, 15) is 4.21 Å². The lowest BCUT2D eigenvalue weighted by Crippen LogP contribution is -2.13. The number of H-pyrrole nitrogens is 1. The van der Waals surface area contributed by atoms with Crippen molar-refractivity contribution in [1.29, 1.82) is 0 Å². The number of rotatable bonds is 5. The van der Waals surface area contributed by atoms with Gasteiger partial charge >= 0.3 is 0 Å². The number of aromatic nitrogens is 2. The van der Waals surface area contributed by atoms with Gasteiger partial charge in [-0.05, 0) is 24.2 Å². The molecule has 0 saturated carbocycles. The van der Waals surface area contributed by atoms with Crippen LogP contribution in [0.5, 0.6) is 0 Å². The SMILES string of the molecule is CC(CCn1c(-c2ccccc2)c[nH]c1=S)S(C)=O. The van der Waals surface area contributed by atoms with Crippen molar-refractivity contribution >= 4 is 23.0 Å². The van der Waals surface area contributed by atoms with Gasteiger partial charge in [-0.15, -0.1) is 0 Å². The summed E-state index contributed by atoms with van der Waals surface area (Å²) in [7, 11) is -0.787. The molecule has 0 saturated heterocycles. The normalized spacial score (nSPS) is 14.2. The fraction of sp³-hybridized carbons (Fsp3) is 0.357. The Labute approximate surface area is 121 Å². The second kappa shape index (κ2) is 6.30. The van der Waals surface area contributed by atoms with Gasteiger partial charge in [0.2, 0.25) is 0 Å². The molecule has 19 heavy (non-hydrogen) atoms. The summed E-state index contributed by atoms with van der Waals surface area (Å²) in [5.74, 6) is 0. The van der Waals surface area contributed by atoms with Crippen molar-refractivity contribution in [1.82, 2.24) is 9.55 Å². The quantitative estimate of drug-likeness (QED) is 0.859. The molecule has 0 aliphatic heterocycles. The first-order valence-electron chi connectivity index (χ1n) is 6.25. The molecule has 2 aromatic rings. The largest absolute Gasteiger partial charge is 0.337 e. The van der Waals surface area contributed by atoms with Gasteiger partial charge < -0.3 is 9.55 Å². The van der Waals surface area contributed by atoms with Gasteiger partial charge in [0.15, 0.2) is 4.77 Å². The maximum Gasteiger partial charge on any atom is 0.177 e. The predicted molar refractivity (Wildman–Crippen MR) is 83.2 cm³/mol. The average molecular weight is 294 g/mol. The molecular weight excluding hydrogens is 276 g/mol. The molecule has 0 amide bonds. The Bertz CT molecular complexity index is 616. The standard InChI is InChI=1S/C14H18N2OS2/c1-11(19(2)17)8-9-16-13(10-15-14(16)18)12-6-4-3-5-7-12/h3-7,10-11H,8-9H2,1-2H3,(H,15,18). The molecule has 102 valence electrons. The molecule has 0 fully saturated rings. The smallest absolute Gasteiger partial charge is 0.177 e. The molecule has 1 N–H and O–H groups in total. The van der Waals surface area contributed by atoms with E-state index in [1.165, 1.54) is 0 Å². The monoisotopic (exact) mass is 294 g/mol. The van der Waals surface area contributed by atoms with Crippen LogP contribution in [0.2, 0.25) is 0 Å². The van der Waals surface area contributed by atoms with Crippen LogP contribution in [0.3, 0.4) is 0 Å². The third-order valence-corrected chi connectivity index (χ3v) is 4.97. The van der Waals surface area contributed by atoms with Crippen molar-refractivity contribution in [3.63, 3.8) is 0 Å². The molecule has 1 heterocycles. The molecule has 0 spiro atoms. The van der Waals surface area contributed by atoms with Gasteiger partial charge in [0.05, 0.1) is 5.69 Å². The van der Waals surface area contributed by atoms with E-state index in [1.807, 2.05) is 31.3 Å². The van der Waals surface area contributed by atoms with Gasteiger partial charge in [-0.3, -0.25) is 4.21 Å². The van der Waals surface area contributed by atoms with Crippen molar-refractivity contribution in [2.75, 3.05) is 6.26 Å². The Morgan fingerprint density at radius 2 is 2.05 bits per heavy atom. The highest BCUT2D eigenvalue weighted by Crippen LogP contribution is 2.20. The van der Waals surface area contributed by atoms with Gasteiger partial charge in [-0.25, -0.2) is 0 Å². The van der Waals surface area contributed by atoms with Crippen LogP contribution >= 0.6 is 12.2 Å². The van der Waals surface area contributed by atoms with Gasteiger partial charge in [0.25, 0.3) is 0 Å². The number of imidazole rings is 1. The third kappa shape index (κ3) is 3.42. The molecule has 0 aliphatic carbocycles. The van der Waals surface area contributed by atoms with Crippen molar-refractivity contribution in [2.45, 2.75) is 25.1 Å². The molecule has 0 bridgehead atoms. The van der Waals surface area contributed by atoms with Gasteiger partial charge in [-0.2, -0.15) is 0 Å². The number of nitrogens with zero attached hydrogens (tertiary/aromatic N) is 1. The molecule has 2 atom stereocenters. The number of benzene rings is 1. The molecule has 0 radical (unpaired) electrons. The van der Waals surface area contributed by atoms with E-state index in [0.29, 0.717) is 4.77 Å². The number of nitrogens with one attached hydrogen (secondary N) is 1. The zero-order valence-electron chi connectivity index (χ0n) is 11.1. The maximum absolute atomic E-state index is 11.4. The van der Waals surface area contributed by atoms with E-state index < -0.39 is 10.8 Å². The summed E-state index contributed by atoms with van der Waals surface area (Å²) in [4.78, 5) is 3.09. The highest BCUT2D eigenvalue weighted by atomic mass is 32.2. The first-order valence-corrected chi connectivity index (χ1v) is 8.28. The maximum atomic E-state index is 11.4. The third-order valence-electron chi connectivity index (χ3n) is 3.26. The van der Waals surface area contributed by atoms with E-state index in [1.54, 1.807) is 6.26 Å². The fourth-order valence-corrected chi connectivity index (χ4v) is 2.63. The summed E-state index contributed by atoms with van der Waals surface area (Å²) < 4.78 is 14.2. The molecule has 2 unspecified atom stereocenters. The number of hydrogen-bond acceptors (Lipinski definition) is 2. The van der Waals surface area contributed by atoms with Crippen molar-refractivity contribution in [3.8, 4) is 11.3 Å². The Hall–Kier alpha value is -1.20. The molecular formula is C14H18N2OS2. The zero-order valence-corrected chi connectivity index (χ0v) is 12.8. The minimum Gasteiger partial charge on any atom is -0.337 e. The van der Waals surface area contributed by atoms with Crippen molar-refractivity contribution < 1.29 is 4.21 Å². The molecule has 0 aliphatic rings. The summed E-state index contributed by atoms with van der Waals surface area (Å²) >= 11 is 5.32. The average Bonchev–Trinajstić information content (AvgIpc) is 2.78. The Morgan fingerprint density at radius 3 is 2.68 bits per heavy atom. The molecule has 2 rings (SSSR count). The van der Waals surface area contributed by atoms with Crippen LogP contribution in [0.1, 0.15) is 13.3 Å². The fourth-order valence-electron chi connectivity index (χ4n) is 1.94. The topological polar surface area (TPSA) is 37.8 Å². The van der Waals surface area contributed by atoms with Crippen molar-refractivity contribution in [2.24, 2.45) is 0 Å². The van der Waals surface area contributed by atoms with Crippen molar-refractivity contribution in [3.05, 3.63) is 41.3 Å². The lowest BCUT2D eigenvalue weighted by molar-refractivity contribution is 0.618. The molecule has 1 aromatic heterocycles. The predicted octanol–water partition coefficient (Wildman–Crippen LogP) is 3.37. The van der Waals surface area contributed by atoms with Gasteiger partial charge in [0, 0.05) is 35.0 Å². The summed E-state index contributed by atoms with van der Waals surface area (Å²) in [6.07, 6.45) is 4.54. The van der Waals surface area contributed by atoms with E-state index >= 15 is 0 Å². The Kier molecular flexibility index (Phi) is 4.71. The highest BCUT2D eigenvalue weighted by molar-refractivity contribution is 7.84. The van der Waals surface area contributed by atoms with E-state index in [0.717, 1.165) is 24.2 Å². The lowest BCUT2D eigenvalue weighted by Gasteiger charge is -2.11. The number of aromatic amines is 1. The van der Waals surface area contributed by atoms with Crippen LogP contribution in [-0.2, 0) is 17.3 Å². The second-order valence-electron chi connectivity index (χ2n) is 4.59. The minimum atomic E-state index is -0.787. The number of hydrogen-bond donors (Lipinski definition) is 1. The first-order chi connectivity index (χ1) is 9.09. The Morgan fingerprint density at radius 1 is 1.37 bits per heavy atom. The highest BCUT2D eigenvalue weighted by Gasteiger charge is 2.10.